The number of nitrogens with one attached hydrogen (secondary N) is 1. The first-order chi connectivity index (χ1) is 13.7. The molecule has 9 heteroatoms. The standard InChI is InChI=1S/C20H23F3N6/c1-11-2-7-14(8-15(11)20(21,22)23)26-16-9-18(25)28-29-10-17(27-19(16)29)12-3-5-13(24)6-4-12/h2,7-10,12-13,26H,3-6,24H2,1H3,(H2,25,28)/t12-,13-. The normalized spacial score (nSPS) is 20.2. The number of halogens is 3. The van der Waals surface area contributed by atoms with Crippen LogP contribution in [-0.4, -0.2) is 20.6 Å². The Kier molecular flexibility index (Phi) is 4.85. The van der Waals surface area contributed by atoms with E-state index in [1.807, 2.05) is 6.20 Å². The number of alkyl halides is 3. The summed E-state index contributed by atoms with van der Waals surface area (Å²) in [5, 5.41) is 7.29. The predicted molar refractivity (Wildman–Crippen MR) is 106 cm³/mol. The number of nitrogens with zero attached hydrogens (tertiary/aromatic N) is 3. The first kappa shape index (κ1) is 19.5. The maximum Gasteiger partial charge on any atom is 0.416 e. The molecule has 1 aliphatic rings. The maximum absolute atomic E-state index is 13.2. The van der Waals surface area contributed by atoms with E-state index >= 15 is 0 Å². The van der Waals surface area contributed by atoms with Gasteiger partial charge in [0.05, 0.1) is 23.1 Å². The van der Waals surface area contributed by atoms with Crippen molar-refractivity contribution >= 4 is 22.8 Å². The van der Waals surface area contributed by atoms with Gasteiger partial charge < -0.3 is 16.8 Å². The fourth-order valence-electron chi connectivity index (χ4n) is 3.88. The van der Waals surface area contributed by atoms with E-state index in [-0.39, 0.29) is 17.4 Å². The first-order valence-electron chi connectivity index (χ1n) is 9.57. The van der Waals surface area contributed by atoms with Crippen molar-refractivity contribution in [3.8, 4) is 0 Å². The van der Waals surface area contributed by atoms with E-state index < -0.39 is 11.7 Å². The van der Waals surface area contributed by atoms with Crippen molar-refractivity contribution in [2.75, 3.05) is 11.1 Å². The fraction of sp³-hybridized carbons (Fsp3) is 0.400. The topological polar surface area (TPSA) is 94.3 Å². The number of nitrogen functional groups attached to an aromatic ring is 1. The molecule has 29 heavy (non-hydrogen) atoms. The second kappa shape index (κ2) is 7.22. The van der Waals surface area contributed by atoms with Gasteiger partial charge in [0.1, 0.15) is 5.82 Å². The summed E-state index contributed by atoms with van der Waals surface area (Å²) in [6.45, 7) is 1.44. The Morgan fingerprint density at radius 1 is 1.14 bits per heavy atom. The number of aromatic nitrogens is 3. The number of anilines is 3. The summed E-state index contributed by atoms with van der Waals surface area (Å²) >= 11 is 0. The van der Waals surface area contributed by atoms with Gasteiger partial charge in [-0.15, -0.1) is 5.10 Å². The van der Waals surface area contributed by atoms with Gasteiger partial charge in [-0.1, -0.05) is 6.07 Å². The summed E-state index contributed by atoms with van der Waals surface area (Å²) in [6, 6.07) is 5.95. The van der Waals surface area contributed by atoms with Crippen LogP contribution in [0.1, 0.15) is 48.4 Å². The molecule has 4 rings (SSSR count). The second-order valence-corrected chi connectivity index (χ2v) is 7.68. The minimum absolute atomic E-state index is 0.168. The van der Waals surface area contributed by atoms with Gasteiger partial charge in [0.15, 0.2) is 5.65 Å². The molecule has 154 valence electrons. The molecule has 0 aliphatic heterocycles. The van der Waals surface area contributed by atoms with Crippen molar-refractivity contribution in [3.63, 3.8) is 0 Å². The van der Waals surface area contributed by atoms with Crippen molar-refractivity contribution in [1.29, 1.82) is 0 Å². The van der Waals surface area contributed by atoms with Gasteiger partial charge in [0, 0.05) is 23.7 Å². The summed E-state index contributed by atoms with van der Waals surface area (Å²) in [5.74, 6) is 0.541. The van der Waals surface area contributed by atoms with Crippen molar-refractivity contribution in [2.45, 2.75) is 50.7 Å². The molecule has 0 bridgehead atoms. The predicted octanol–water partition coefficient (Wildman–Crippen LogP) is 4.37. The molecule has 1 aromatic carbocycles. The van der Waals surface area contributed by atoms with Crippen LogP contribution in [0.4, 0.5) is 30.4 Å². The van der Waals surface area contributed by atoms with Crippen molar-refractivity contribution in [2.24, 2.45) is 5.73 Å². The molecular weight excluding hydrogens is 381 g/mol. The van der Waals surface area contributed by atoms with E-state index in [9.17, 15) is 13.2 Å². The Bertz CT molecular complexity index is 1030. The zero-order valence-electron chi connectivity index (χ0n) is 16.0. The minimum Gasteiger partial charge on any atom is -0.382 e. The lowest BCUT2D eigenvalue weighted by Gasteiger charge is -2.24. The monoisotopic (exact) mass is 404 g/mol. The van der Waals surface area contributed by atoms with Crippen LogP contribution < -0.4 is 16.8 Å². The van der Waals surface area contributed by atoms with Crippen molar-refractivity contribution in [1.82, 2.24) is 14.6 Å². The largest absolute Gasteiger partial charge is 0.416 e. The quantitative estimate of drug-likeness (QED) is 0.603. The van der Waals surface area contributed by atoms with E-state index in [4.69, 9.17) is 16.5 Å². The molecule has 2 heterocycles. The number of hydrogen-bond acceptors (Lipinski definition) is 5. The Morgan fingerprint density at radius 2 is 1.86 bits per heavy atom. The average molecular weight is 404 g/mol. The lowest BCUT2D eigenvalue weighted by Crippen LogP contribution is -2.25. The second-order valence-electron chi connectivity index (χ2n) is 7.68. The number of nitrogens with two attached hydrogens (primary N) is 2. The summed E-state index contributed by atoms with van der Waals surface area (Å²) in [5.41, 5.74) is 13.6. The van der Waals surface area contributed by atoms with Crippen LogP contribution in [0.5, 0.6) is 0 Å². The highest BCUT2D eigenvalue weighted by molar-refractivity contribution is 5.76. The van der Waals surface area contributed by atoms with Gasteiger partial charge in [-0.05, 0) is 50.3 Å². The molecule has 3 aromatic rings. The van der Waals surface area contributed by atoms with Crippen LogP contribution in [0, 0.1) is 6.92 Å². The molecule has 5 N–H and O–H groups in total. The van der Waals surface area contributed by atoms with Crippen molar-refractivity contribution < 1.29 is 13.2 Å². The van der Waals surface area contributed by atoms with E-state index in [1.54, 1.807) is 16.6 Å². The SMILES string of the molecule is Cc1ccc(Nc2cc(N)nn3cc([C@H]4CC[C@H](N)CC4)nc23)cc1C(F)(F)F. The molecule has 0 unspecified atom stereocenters. The Hall–Kier alpha value is -2.81. The molecule has 0 saturated heterocycles. The summed E-state index contributed by atoms with van der Waals surface area (Å²) in [7, 11) is 0. The van der Waals surface area contributed by atoms with E-state index in [0.29, 0.717) is 22.9 Å². The Balaban J connectivity index is 1.69. The van der Waals surface area contributed by atoms with Crippen molar-refractivity contribution in [3.05, 3.63) is 47.3 Å². The zero-order chi connectivity index (χ0) is 20.8. The van der Waals surface area contributed by atoms with Gasteiger partial charge >= 0.3 is 6.18 Å². The zero-order valence-corrected chi connectivity index (χ0v) is 16.0. The van der Waals surface area contributed by atoms with Gasteiger partial charge in [-0.2, -0.15) is 13.2 Å². The third-order valence-corrected chi connectivity index (χ3v) is 5.47. The van der Waals surface area contributed by atoms with E-state index in [2.05, 4.69) is 10.4 Å². The third-order valence-electron chi connectivity index (χ3n) is 5.47. The first-order valence-corrected chi connectivity index (χ1v) is 9.57. The summed E-state index contributed by atoms with van der Waals surface area (Å²) in [6.07, 6.45) is 1.23. The fourth-order valence-corrected chi connectivity index (χ4v) is 3.88. The molecule has 0 amide bonds. The number of hydrogen-bond donors (Lipinski definition) is 3. The molecule has 1 fully saturated rings. The number of aryl methyl sites for hydroxylation is 1. The number of rotatable bonds is 3. The molecule has 2 aromatic heterocycles. The Morgan fingerprint density at radius 3 is 2.55 bits per heavy atom. The number of fused-ring (bicyclic) bond motifs is 1. The highest BCUT2D eigenvalue weighted by atomic mass is 19.4. The van der Waals surface area contributed by atoms with Crippen LogP contribution in [0.25, 0.3) is 5.65 Å². The summed E-state index contributed by atoms with van der Waals surface area (Å²) < 4.78 is 41.3. The van der Waals surface area contributed by atoms with Gasteiger partial charge in [0.2, 0.25) is 0 Å². The van der Waals surface area contributed by atoms with Crippen LogP contribution in [0.15, 0.2) is 30.5 Å². The van der Waals surface area contributed by atoms with Gasteiger partial charge in [-0.3, -0.25) is 0 Å². The van der Waals surface area contributed by atoms with Crippen LogP contribution >= 0.6 is 0 Å². The average Bonchev–Trinajstić information content (AvgIpc) is 3.07. The lowest BCUT2D eigenvalue weighted by atomic mass is 9.85. The maximum atomic E-state index is 13.2. The lowest BCUT2D eigenvalue weighted by molar-refractivity contribution is -0.138. The number of benzene rings is 1. The molecule has 6 nitrogen and oxygen atoms in total. The number of imidazole rings is 1. The van der Waals surface area contributed by atoms with Gasteiger partial charge in [-0.25, -0.2) is 9.50 Å². The third kappa shape index (κ3) is 4.00. The molecule has 1 saturated carbocycles. The molecule has 1 aliphatic carbocycles. The van der Waals surface area contributed by atoms with E-state index in [0.717, 1.165) is 37.4 Å². The molecule has 0 radical (unpaired) electrons. The highest BCUT2D eigenvalue weighted by Crippen LogP contribution is 2.36. The smallest absolute Gasteiger partial charge is 0.382 e. The molecule has 0 atom stereocenters. The molecular formula is C20H23F3N6. The van der Waals surface area contributed by atoms with Gasteiger partial charge in [0.25, 0.3) is 0 Å². The van der Waals surface area contributed by atoms with Crippen LogP contribution in [0.2, 0.25) is 0 Å². The highest BCUT2D eigenvalue weighted by Gasteiger charge is 2.32. The summed E-state index contributed by atoms with van der Waals surface area (Å²) in [4.78, 5) is 4.71. The van der Waals surface area contributed by atoms with Crippen LogP contribution in [0.3, 0.4) is 0 Å². The Labute approximate surface area is 166 Å². The minimum atomic E-state index is -4.42. The molecule has 0 spiro atoms. The van der Waals surface area contributed by atoms with Crippen LogP contribution in [-0.2, 0) is 6.18 Å². The van der Waals surface area contributed by atoms with E-state index in [1.165, 1.54) is 13.0 Å².